The molecule has 7 atom stereocenters. The van der Waals surface area contributed by atoms with Crippen LogP contribution in [0, 0.1) is 39.9 Å². The van der Waals surface area contributed by atoms with Gasteiger partial charge < -0.3 is 0 Å². The van der Waals surface area contributed by atoms with E-state index in [9.17, 15) is 0 Å². The van der Waals surface area contributed by atoms with E-state index in [0.29, 0.717) is 16.2 Å². The first kappa shape index (κ1) is 14.6. The summed E-state index contributed by atoms with van der Waals surface area (Å²) in [4.78, 5) is 0. The van der Waals surface area contributed by atoms with Crippen LogP contribution < -0.4 is 0 Å². The summed E-state index contributed by atoms with van der Waals surface area (Å²) < 4.78 is 0. The van der Waals surface area contributed by atoms with Gasteiger partial charge in [-0.15, -0.1) is 0 Å². The highest BCUT2D eigenvalue weighted by molar-refractivity contribution is 5.11. The van der Waals surface area contributed by atoms with E-state index in [-0.39, 0.29) is 0 Å². The lowest BCUT2D eigenvalue weighted by Gasteiger charge is -2.64. The van der Waals surface area contributed by atoms with E-state index >= 15 is 0 Å². The molecule has 0 radical (unpaired) electrons. The van der Waals surface area contributed by atoms with Crippen LogP contribution in [0.15, 0.2) is 0 Å². The first-order valence-corrected chi connectivity index (χ1v) is 9.91. The molecule has 0 bridgehead atoms. The normalized spacial score (nSPS) is 60.0. The second-order valence-corrected chi connectivity index (χ2v) is 10.1. The molecule has 4 rings (SSSR count). The molecule has 21 heavy (non-hydrogen) atoms. The minimum absolute atomic E-state index is 0.668. The lowest BCUT2D eigenvalue weighted by molar-refractivity contribution is -0.151. The summed E-state index contributed by atoms with van der Waals surface area (Å²) in [6.45, 7) is 10.6. The number of fused-ring (bicyclic) bond motifs is 5. The molecule has 0 heteroatoms. The molecule has 0 N–H and O–H groups in total. The molecule has 4 saturated carbocycles. The molecule has 120 valence electrons. The summed E-state index contributed by atoms with van der Waals surface area (Å²) in [6.07, 6.45) is 15.3. The van der Waals surface area contributed by atoms with Gasteiger partial charge in [0.1, 0.15) is 0 Å². The van der Waals surface area contributed by atoms with Gasteiger partial charge in [0.25, 0.3) is 0 Å². The topological polar surface area (TPSA) is 0 Å². The van der Waals surface area contributed by atoms with Crippen LogP contribution in [-0.4, -0.2) is 0 Å². The van der Waals surface area contributed by atoms with Crippen molar-refractivity contribution in [2.24, 2.45) is 39.9 Å². The summed E-state index contributed by atoms with van der Waals surface area (Å²) in [5.74, 6) is 4.18. The quantitative estimate of drug-likeness (QED) is 0.481. The molecule has 0 nitrogen and oxygen atoms in total. The van der Waals surface area contributed by atoms with Crippen LogP contribution in [0.2, 0.25) is 0 Å². The third kappa shape index (κ3) is 1.74. The van der Waals surface area contributed by atoms with Gasteiger partial charge in [0.2, 0.25) is 0 Å². The van der Waals surface area contributed by atoms with Gasteiger partial charge in [0.15, 0.2) is 0 Å². The molecule has 4 aliphatic rings. The number of rotatable bonds is 0. The highest BCUT2D eigenvalue weighted by atomic mass is 14.7. The molecule has 0 heterocycles. The fraction of sp³-hybridized carbons (Fsp3) is 1.00. The zero-order chi connectivity index (χ0) is 14.9. The predicted octanol–water partition coefficient (Wildman–Crippen LogP) is 6.45. The van der Waals surface area contributed by atoms with Gasteiger partial charge in [0.05, 0.1) is 0 Å². The Morgan fingerprint density at radius 2 is 1.48 bits per heavy atom. The third-order valence-corrected chi connectivity index (χ3v) is 9.81. The third-order valence-electron chi connectivity index (χ3n) is 9.81. The van der Waals surface area contributed by atoms with Gasteiger partial charge in [-0.3, -0.25) is 0 Å². The van der Waals surface area contributed by atoms with Crippen molar-refractivity contribution in [1.29, 1.82) is 0 Å². The summed E-state index contributed by atoms with van der Waals surface area (Å²) in [6, 6.07) is 0. The van der Waals surface area contributed by atoms with E-state index in [1.165, 1.54) is 44.9 Å². The Balaban J connectivity index is 1.68. The van der Waals surface area contributed by atoms with Crippen LogP contribution in [0.1, 0.15) is 91.9 Å². The molecular formula is C21H36. The average molecular weight is 289 g/mol. The van der Waals surface area contributed by atoms with E-state index < -0.39 is 0 Å². The molecule has 0 saturated heterocycles. The van der Waals surface area contributed by atoms with Crippen LogP contribution in [-0.2, 0) is 0 Å². The fourth-order valence-electron chi connectivity index (χ4n) is 7.87. The Morgan fingerprint density at radius 1 is 0.714 bits per heavy atom. The van der Waals surface area contributed by atoms with Crippen LogP contribution in [0.4, 0.5) is 0 Å². The smallest absolute Gasteiger partial charge is 0.0241 e. The van der Waals surface area contributed by atoms with Gasteiger partial charge in [-0.2, -0.15) is 0 Å². The molecular weight excluding hydrogens is 252 g/mol. The van der Waals surface area contributed by atoms with E-state index in [0.717, 1.165) is 23.7 Å². The van der Waals surface area contributed by atoms with Gasteiger partial charge in [-0.1, -0.05) is 40.5 Å². The van der Waals surface area contributed by atoms with Crippen molar-refractivity contribution in [1.82, 2.24) is 0 Å². The van der Waals surface area contributed by atoms with Crippen molar-refractivity contribution < 1.29 is 0 Å². The van der Waals surface area contributed by atoms with E-state index in [2.05, 4.69) is 27.7 Å². The Bertz CT molecular complexity index is 426. The number of hydrogen-bond donors (Lipinski definition) is 0. The van der Waals surface area contributed by atoms with Crippen molar-refractivity contribution in [2.75, 3.05) is 0 Å². The molecule has 0 aromatic rings. The van der Waals surface area contributed by atoms with Gasteiger partial charge >= 0.3 is 0 Å². The van der Waals surface area contributed by atoms with Crippen LogP contribution in [0.25, 0.3) is 0 Å². The van der Waals surface area contributed by atoms with E-state index in [1.807, 2.05) is 0 Å². The number of hydrogen-bond acceptors (Lipinski definition) is 0. The summed E-state index contributed by atoms with van der Waals surface area (Å²) in [5, 5.41) is 0. The Morgan fingerprint density at radius 3 is 2.29 bits per heavy atom. The lowest BCUT2D eigenvalue weighted by Crippen LogP contribution is -2.56. The molecule has 0 aromatic heterocycles. The standard InChI is InChI=1S/C21H36/c1-15-7-8-17-16-9-13-19(2)11-5-6-12-21(19,4)18(16)10-14-20(15,17)3/h15-18H,5-14H2,1-4H3. The molecule has 0 spiro atoms. The van der Waals surface area contributed by atoms with Crippen molar-refractivity contribution in [2.45, 2.75) is 91.9 Å². The summed E-state index contributed by atoms with van der Waals surface area (Å²) in [5.41, 5.74) is 2.03. The molecule has 7 unspecified atom stereocenters. The molecule has 0 aromatic carbocycles. The van der Waals surface area contributed by atoms with Crippen LogP contribution in [0.3, 0.4) is 0 Å². The maximum atomic E-state index is 2.71. The maximum Gasteiger partial charge on any atom is -0.0241 e. The first-order valence-electron chi connectivity index (χ1n) is 9.91. The Kier molecular flexibility index (Phi) is 3.13. The van der Waals surface area contributed by atoms with Crippen molar-refractivity contribution in [3.05, 3.63) is 0 Å². The maximum absolute atomic E-state index is 2.71. The SMILES string of the molecule is CC1CCC2C3CCC4(C)CCCCC4(C)C3CCC12C. The first-order chi connectivity index (χ1) is 9.91. The molecule has 4 aliphatic carbocycles. The minimum Gasteiger partial charge on any atom is -0.0620 e. The lowest BCUT2D eigenvalue weighted by atomic mass is 9.40. The van der Waals surface area contributed by atoms with Crippen LogP contribution >= 0.6 is 0 Å². The van der Waals surface area contributed by atoms with Crippen molar-refractivity contribution >= 4 is 0 Å². The van der Waals surface area contributed by atoms with Gasteiger partial charge in [0, 0.05) is 0 Å². The summed E-state index contributed by atoms with van der Waals surface area (Å²) >= 11 is 0. The fourth-order valence-corrected chi connectivity index (χ4v) is 7.87. The highest BCUT2D eigenvalue weighted by Crippen LogP contribution is 2.70. The predicted molar refractivity (Wildman–Crippen MR) is 90.1 cm³/mol. The van der Waals surface area contributed by atoms with Crippen molar-refractivity contribution in [3.8, 4) is 0 Å². The largest absolute Gasteiger partial charge is 0.0620 e. The van der Waals surface area contributed by atoms with Crippen molar-refractivity contribution in [3.63, 3.8) is 0 Å². The molecule has 0 aliphatic heterocycles. The minimum atomic E-state index is 0.668. The zero-order valence-electron chi connectivity index (χ0n) is 14.9. The second-order valence-electron chi connectivity index (χ2n) is 10.1. The van der Waals surface area contributed by atoms with Gasteiger partial charge in [-0.05, 0) is 91.3 Å². The van der Waals surface area contributed by atoms with Gasteiger partial charge in [-0.25, -0.2) is 0 Å². The summed E-state index contributed by atoms with van der Waals surface area (Å²) in [7, 11) is 0. The Hall–Kier alpha value is 0. The van der Waals surface area contributed by atoms with E-state index in [1.54, 1.807) is 19.3 Å². The highest BCUT2D eigenvalue weighted by Gasteiger charge is 2.61. The van der Waals surface area contributed by atoms with E-state index in [4.69, 9.17) is 0 Å². The Labute approximate surface area is 132 Å². The zero-order valence-corrected chi connectivity index (χ0v) is 14.9. The monoisotopic (exact) mass is 288 g/mol. The average Bonchev–Trinajstić information content (AvgIpc) is 2.76. The van der Waals surface area contributed by atoms with Crippen LogP contribution in [0.5, 0.6) is 0 Å². The molecule has 4 fully saturated rings. The second kappa shape index (κ2) is 4.51. The molecule has 0 amide bonds.